The van der Waals surface area contributed by atoms with Crippen molar-refractivity contribution in [3.05, 3.63) is 42.0 Å². The molecule has 0 radical (unpaired) electrons. The van der Waals surface area contributed by atoms with Gasteiger partial charge in [0.25, 0.3) is 0 Å². The minimum Gasteiger partial charge on any atom is -0.744 e. The molecule has 0 aliphatic heterocycles. The maximum absolute atomic E-state index is 11.3. The van der Waals surface area contributed by atoms with Gasteiger partial charge >= 0.3 is 5.97 Å². The largest absolute Gasteiger partial charge is 0.744 e. The second-order valence-corrected chi connectivity index (χ2v) is 7.54. The lowest BCUT2D eigenvalue weighted by Crippen LogP contribution is -2.52. The maximum Gasteiger partial charge on any atom is 0.337 e. The summed E-state index contributed by atoms with van der Waals surface area (Å²) in [6.45, 7) is 15.0. The highest BCUT2D eigenvalue weighted by Crippen LogP contribution is 2.12. The summed E-state index contributed by atoms with van der Waals surface area (Å²) in [4.78, 5) is 11.1. The van der Waals surface area contributed by atoms with Crippen LogP contribution in [0.25, 0.3) is 0 Å². The lowest BCUT2D eigenvalue weighted by Gasteiger charge is -2.37. The van der Waals surface area contributed by atoms with E-state index in [0.29, 0.717) is 5.57 Å². The summed E-state index contributed by atoms with van der Waals surface area (Å²) in [6.07, 6.45) is -0.116. The highest BCUT2D eigenvalue weighted by Gasteiger charge is 2.28. The predicted octanol–water partition coefficient (Wildman–Crippen LogP) is 2.84. The molecule has 0 amide bonds. The summed E-state index contributed by atoms with van der Waals surface area (Å²) < 4.78 is 37.2. The van der Waals surface area contributed by atoms with Crippen LogP contribution in [-0.4, -0.2) is 49.8 Å². The summed E-state index contributed by atoms with van der Waals surface area (Å²) >= 11 is 0. The number of aryl methyl sites for hydroxylation is 1. The average molecular weight is 371 g/mol. The summed E-state index contributed by atoms with van der Waals surface area (Å²) in [6, 6.07) is 5.78. The fraction of sp³-hybridized carbons (Fsp3) is 0.500. The Morgan fingerprint density at radius 2 is 1.68 bits per heavy atom. The first kappa shape index (κ1) is 23.3. The Balaban J connectivity index is 0.000000472. The molecule has 0 saturated carbocycles. The molecule has 25 heavy (non-hydrogen) atoms. The molecule has 0 bridgehead atoms. The van der Waals surface area contributed by atoms with Crippen LogP contribution in [0.3, 0.4) is 0 Å². The van der Waals surface area contributed by atoms with E-state index in [9.17, 15) is 17.8 Å². The molecule has 0 spiro atoms. The fourth-order valence-electron chi connectivity index (χ4n) is 1.83. The number of rotatable bonds is 6. The van der Waals surface area contributed by atoms with Crippen LogP contribution in [-0.2, 0) is 19.6 Å². The van der Waals surface area contributed by atoms with E-state index in [1.54, 1.807) is 19.1 Å². The van der Waals surface area contributed by atoms with Crippen LogP contribution >= 0.6 is 0 Å². The van der Waals surface area contributed by atoms with Crippen molar-refractivity contribution in [2.45, 2.75) is 45.7 Å². The minimum atomic E-state index is -4.27. The molecule has 0 aliphatic rings. The molecule has 1 rings (SSSR count). The van der Waals surface area contributed by atoms with E-state index >= 15 is 0 Å². The van der Waals surface area contributed by atoms with Crippen molar-refractivity contribution in [2.24, 2.45) is 0 Å². The number of esters is 1. The molecule has 1 aromatic rings. The molecule has 6 nitrogen and oxygen atoms in total. The van der Waals surface area contributed by atoms with Crippen molar-refractivity contribution in [2.75, 3.05) is 20.1 Å². The van der Waals surface area contributed by atoms with E-state index in [1.807, 2.05) is 13.8 Å². The zero-order chi connectivity index (χ0) is 19.8. The maximum atomic E-state index is 11.3. The number of nitrogens with zero attached hydrogens (tertiary/aromatic N) is 1. The van der Waals surface area contributed by atoms with Crippen LogP contribution in [0.2, 0.25) is 0 Å². The average Bonchev–Trinajstić information content (AvgIpc) is 2.53. The molecule has 142 valence electrons. The Kier molecular flexibility index (Phi) is 9.04. The number of benzene rings is 1. The molecule has 1 unspecified atom stereocenters. The standard InChI is InChI=1S/C11H22NO2.C7H8O3S/c1-7-12(6,8-2)10(5)14-11(13)9(3)4;1-6-2-4-7(5-3-6)11(8,9)10/h10H,3,7-8H2,1-2,4-6H3;2-5H,1H3,(H,8,9,10)/q+1;/p-1. The summed E-state index contributed by atoms with van der Waals surface area (Å²) in [7, 11) is -2.19. The molecule has 1 aromatic carbocycles. The van der Waals surface area contributed by atoms with Gasteiger partial charge in [0.15, 0.2) is 0 Å². The molecule has 0 aromatic heterocycles. The summed E-state index contributed by atoms with van der Waals surface area (Å²) in [5.41, 5.74) is 1.38. The molecule has 7 heteroatoms. The molecule has 0 fully saturated rings. The van der Waals surface area contributed by atoms with E-state index in [-0.39, 0.29) is 17.1 Å². The van der Waals surface area contributed by atoms with Gasteiger partial charge in [0.2, 0.25) is 6.23 Å². The number of carbonyl (C=O) groups is 1. The highest BCUT2D eigenvalue weighted by molar-refractivity contribution is 7.85. The van der Waals surface area contributed by atoms with Crippen molar-refractivity contribution >= 4 is 16.1 Å². The highest BCUT2D eigenvalue weighted by atomic mass is 32.2. The van der Waals surface area contributed by atoms with Crippen LogP contribution < -0.4 is 0 Å². The van der Waals surface area contributed by atoms with Crippen LogP contribution in [0.4, 0.5) is 0 Å². The van der Waals surface area contributed by atoms with Crippen molar-refractivity contribution in [1.82, 2.24) is 0 Å². The number of carbonyl (C=O) groups excluding carboxylic acids is 1. The zero-order valence-corrected chi connectivity index (χ0v) is 16.7. The van der Waals surface area contributed by atoms with Gasteiger partial charge in [-0.2, -0.15) is 0 Å². The number of quaternary nitrogens is 1. The first-order valence-electron chi connectivity index (χ1n) is 8.10. The van der Waals surface area contributed by atoms with Crippen LogP contribution in [0.1, 0.15) is 33.3 Å². The third kappa shape index (κ3) is 7.81. The van der Waals surface area contributed by atoms with Gasteiger partial charge in [0.05, 0.1) is 25.0 Å². The number of ether oxygens (including phenoxy) is 1. The Labute approximate surface area is 151 Å². The van der Waals surface area contributed by atoms with Crippen molar-refractivity contribution in [3.63, 3.8) is 0 Å². The number of hydrogen-bond donors (Lipinski definition) is 0. The Hall–Kier alpha value is -1.70. The van der Waals surface area contributed by atoms with Gasteiger partial charge in [-0.05, 0) is 39.8 Å². The van der Waals surface area contributed by atoms with E-state index in [2.05, 4.69) is 27.5 Å². The van der Waals surface area contributed by atoms with Crippen LogP contribution in [0.5, 0.6) is 0 Å². The predicted molar refractivity (Wildman–Crippen MR) is 96.8 cm³/mol. The normalized spacial score (nSPS) is 12.6. The summed E-state index contributed by atoms with van der Waals surface area (Å²) in [5.74, 6) is -0.302. The second kappa shape index (κ2) is 9.70. The Morgan fingerprint density at radius 3 is 2.00 bits per heavy atom. The molecular weight excluding hydrogens is 342 g/mol. The molecule has 0 saturated heterocycles. The first-order chi connectivity index (χ1) is 11.4. The molecule has 1 atom stereocenters. The molecule has 0 N–H and O–H groups in total. The molecule has 0 heterocycles. The lowest BCUT2D eigenvalue weighted by molar-refractivity contribution is -0.947. The third-order valence-electron chi connectivity index (χ3n) is 4.26. The van der Waals surface area contributed by atoms with Gasteiger partial charge in [-0.15, -0.1) is 0 Å². The summed E-state index contributed by atoms with van der Waals surface area (Å²) in [5, 5.41) is 0. The van der Waals surface area contributed by atoms with E-state index in [0.717, 1.165) is 23.1 Å². The second-order valence-electron chi connectivity index (χ2n) is 6.16. The van der Waals surface area contributed by atoms with Crippen LogP contribution in [0.15, 0.2) is 41.3 Å². The number of hydrogen-bond acceptors (Lipinski definition) is 5. The topological polar surface area (TPSA) is 83.5 Å². The molecular formula is C18H29NO5S. The van der Waals surface area contributed by atoms with E-state index < -0.39 is 10.1 Å². The zero-order valence-electron chi connectivity index (χ0n) is 15.9. The van der Waals surface area contributed by atoms with Gasteiger partial charge in [-0.25, -0.2) is 13.2 Å². The smallest absolute Gasteiger partial charge is 0.337 e. The minimum absolute atomic E-state index is 0.116. The van der Waals surface area contributed by atoms with E-state index in [1.165, 1.54) is 12.1 Å². The SMILES string of the molecule is C=C(C)C(=O)OC(C)[N+](C)(CC)CC.Cc1ccc(S(=O)(=O)[O-])cc1. The Morgan fingerprint density at radius 1 is 1.24 bits per heavy atom. The van der Waals surface area contributed by atoms with Crippen LogP contribution in [0, 0.1) is 6.92 Å². The van der Waals surface area contributed by atoms with Gasteiger partial charge < -0.3 is 9.29 Å². The van der Waals surface area contributed by atoms with Crippen molar-refractivity contribution in [1.29, 1.82) is 0 Å². The van der Waals surface area contributed by atoms with Gasteiger partial charge in [-0.3, -0.25) is 4.48 Å². The first-order valence-corrected chi connectivity index (χ1v) is 9.51. The molecule has 0 aliphatic carbocycles. The third-order valence-corrected chi connectivity index (χ3v) is 5.11. The van der Waals surface area contributed by atoms with Crippen molar-refractivity contribution < 1.29 is 27.0 Å². The quantitative estimate of drug-likeness (QED) is 0.252. The van der Waals surface area contributed by atoms with Gasteiger partial charge in [0.1, 0.15) is 10.1 Å². The monoisotopic (exact) mass is 371 g/mol. The Bertz CT molecular complexity index is 676. The van der Waals surface area contributed by atoms with Gasteiger partial charge in [0, 0.05) is 12.5 Å². The fourth-order valence-corrected chi connectivity index (χ4v) is 2.29. The van der Waals surface area contributed by atoms with E-state index in [4.69, 9.17) is 4.74 Å². The van der Waals surface area contributed by atoms with Gasteiger partial charge in [-0.1, -0.05) is 24.3 Å². The van der Waals surface area contributed by atoms with Crippen molar-refractivity contribution in [3.8, 4) is 0 Å². The lowest BCUT2D eigenvalue weighted by atomic mass is 10.2.